The second-order valence-electron chi connectivity index (χ2n) is 6.74. The lowest BCUT2D eigenvalue weighted by atomic mass is 9.82. The van der Waals surface area contributed by atoms with Crippen molar-refractivity contribution >= 4 is 0 Å². The Morgan fingerprint density at radius 2 is 1.71 bits per heavy atom. The van der Waals surface area contributed by atoms with Gasteiger partial charge in [0.1, 0.15) is 0 Å². The Labute approximate surface area is 108 Å². The van der Waals surface area contributed by atoms with Gasteiger partial charge < -0.3 is 4.74 Å². The van der Waals surface area contributed by atoms with Crippen LogP contribution in [-0.2, 0) is 4.74 Å². The Balaban J connectivity index is 2.42. The molecule has 0 aliphatic heterocycles. The molecule has 1 saturated carbocycles. The molecule has 2 heteroatoms. The Morgan fingerprint density at radius 1 is 1.12 bits per heavy atom. The first-order valence-electron chi connectivity index (χ1n) is 7.17. The van der Waals surface area contributed by atoms with E-state index in [1.807, 2.05) is 0 Å². The van der Waals surface area contributed by atoms with Crippen LogP contribution in [0, 0.1) is 11.8 Å². The van der Waals surface area contributed by atoms with E-state index in [1.54, 1.807) is 7.11 Å². The highest BCUT2D eigenvalue weighted by molar-refractivity contribution is 4.80. The van der Waals surface area contributed by atoms with E-state index in [9.17, 15) is 0 Å². The Bertz CT molecular complexity index is 201. The molecule has 0 saturated heterocycles. The van der Waals surface area contributed by atoms with Crippen LogP contribution in [0.15, 0.2) is 0 Å². The third-order valence-corrected chi connectivity index (χ3v) is 4.13. The molecule has 1 fully saturated rings. The van der Waals surface area contributed by atoms with Crippen molar-refractivity contribution in [2.24, 2.45) is 11.8 Å². The molecule has 0 unspecified atom stereocenters. The van der Waals surface area contributed by atoms with E-state index in [4.69, 9.17) is 4.74 Å². The van der Waals surface area contributed by atoms with Gasteiger partial charge in [0, 0.05) is 25.7 Å². The quantitative estimate of drug-likeness (QED) is 0.730. The minimum absolute atomic E-state index is 0.265. The molecule has 0 aromatic rings. The summed E-state index contributed by atoms with van der Waals surface area (Å²) in [6.45, 7) is 12.5. The van der Waals surface area contributed by atoms with E-state index in [2.05, 4.69) is 32.6 Å². The van der Waals surface area contributed by atoms with Crippen LogP contribution in [0.5, 0.6) is 0 Å². The molecular weight excluding hydrogens is 210 g/mol. The first-order chi connectivity index (χ1) is 7.93. The van der Waals surface area contributed by atoms with E-state index < -0.39 is 0 Å². The molecule has 1 aliphatic carbocycles. The lowest BCUT2D eigenvalue weighted by molar-refractivity contribution is 0.0633. The third-order valence-electron chi connectivity index (χ3n) is 4.13. The van der Waals surface area contributed by atoms with E-state index in [0.29, 0.717) is 0 Å². The highest BCUT2D eigenvalue weighted by Gasteiger charge is 2.26. The Kier molecular flexibility index (Phi) is 5.94. The van der Waals surface area contributed by atoms with Gasteiger partial charge in [-0.25, -0.2) is 0 Å². The molecular formula is C15H31NO. The smallest absolute Gasteiger partial charge is 0.0589 e. The summed E-state index contributed by atoms with van der Waals surface area (Å²) in [6, 6.07) is 0. The largest absolute Gasteiger partial charge is 0.383 e. The normalized spacial score (nSPS) is 26.5. The van der Waals surface area contributed by atoms with Crippen molar-refractivity contribution in [2.75, 3.05) is 26.8 Å². The SMILES string of the molecule is COCCN(CC1CCC(C)CC1)C(C)(C)C. The summed E-state index contributed by atoms with van der Waals surface area (Å²) in [5, 5.41) is 0. The van der Waals surface area contributed by atoms with Crippen LogP contribution in [0.1, 0.15) is 53.4 Å². The molecule has 0 N–H and O–H groups in total. The summed E-state index contributed by atoms with van der Waals surface area (Å²) in [4.78, 5) is 2.59. The molecule has 0 aromatic heterocycles. The van der Waals surface area contributed by atoms with Crippen molar-refractivity contribution in [3.05, 3.63) is 0 Å². The summed E-state index contributed by atoms with van der Waals surface area (Å²) >= 11 is 0. The minimum Gasteiger partial charge on any atom is -0.383 e. The number of ether oxygens (including phenoxy) is 1. The fourth-order valence-corrected chi connectivity index (χ4v) is 2.73. The van der Waals surface area contributed by atoms with Crippen LogP contribution < -0.4 is 0 Å². The van der Waals surface area contributed by atoms with Crippen molar-refractivity contribution in [1.82, 2.24) is 4.90 Å². The lowest BCUT2D eigenvalue weighted by Gasteiger charge is -2.39. The summed E-state index contributed by atoms with van der Waals surface area (Å²) in [5.41, 5.74) is 0.265. The monoisotopic (exact) mass is 241 g/mol. The topological polar surface area (TPSA) is 12.5 Å². The van der Waals surface area contributed by atoms with E-state index >= 15 is 0 Å². The second kappa shape index (κ2) is 6.75. The number of methoxy groups -OCH3 is 1. The highest BCUT2D eigenvalue weighted by atomic mass is 16.5. The molecule has 102 valence electrons. The molecule has 0 heterocycles. The number of hydrogen-bond donors (Lipinski definition) is 0. The van der Waals surface area contributed by atoms with Gasteiger partial charge in [-0.3, -0.25) is 4.90 Å². The van der Waals surface area contributed by atoms with Crippen LogP contribution in [0.4, 0.5) is 0 Å². The summed E-state index contributed by atoms with van der Waals surface area (Å²) < 4.78 is 5.23. The molecule has 0 spiro atoms. The Hall–Kier alpha value is -0.0800. The van der Waals surface area contributed by atoms with E-state index in [1.165, 1.54) is 32.2 Å². The van der Waals surface area contributed by atoms with Crippen LogP contribution in [0.2, 0.25) is 0 Å². The van der Waals surface area contributed by atoms with Crippen LogP contribution in [0.25, 0.3) is 0 Å². The van der Waals surface area contributed by atoms with Gasteiger partial charge in [-0.15, -0.1) is 0 Å². The van der Waals surface area contributed by atoms with Gasteiger partial charge in [0.25, 0.3) is 0 Å². The van der Waals surface area contributed by atoms with Gasteiger partial charge in [-0.05, 0) is 45.4 Å². The average Bonchev–Trinajstić information content (AvgIpc) is 2.25. The fourth-order valence-electron chi connectivity index (χ4n) is 2.73. The van der Waals surface area contributed by atoms with Gasteiger partial charge in [-0.2, -0.15) is 0 Å². The maximum Gasteiger partial charge on any atom is 0.0589 e. The number of hydrogen-bond acceptors (Lipinski definition) is 2. The molecule has 0 radical (unpaired) electrons. The number of nitrogens with zero attached hydrogens (tertiary/aromatic N) is 1. The maximum atomic E-state index is 5.23. The Morgan fingerprint density at radius 3 is 2.18 bits per heavy atom. The molecule has 0 atom stereocenters. The van der Waals surface area contributed by atoms with Gasteiger partial charge >= 0.3 is 0 Å². The first-order valence-corrected chi connectivity index (χ1v) is 7.17. The minimum atomic E-state index is 0.265. The summed E-state index contributed by atoms with van der Waals surface area (Å²) in [6.07, 6.45) is 5.68. The molecule has 0 amide bonds. The van der Waals surface area contributed by atoms with Crippen LogP contribution in [-0.4, -0.2) is 37.2 Å². The zero-order valence-electron chi connectivity index (χ0n) is 12.5. The molecule has 17 heavy (non-hydrogen) atoms. The van der Waals surface area contributed by atoms with Crippen LogP contribution >= 0.6 is 0 Å². The fraction of sp³-hybridized carbons (Fsp3) is 1.00. The standard InChI is InChI=1S/C15H31NO/c1-13-6-8-14(9-7-13)12-16(10-11-17-5)15(2,3)4/h13-14H,6-12H2,1-5H3. The molecule has 0 aromatic carbocycles. The average molecular weight is 241 g/mol. The van der Waals surface area contributed by atoms with Gasteiger partial charge in [0.2, 0.25) is 0 Å². The van der Waals surface area contributed by atoms with Gasteiger partial charge in [0.15, 0.2) is 0 Å². The summed E-state index contributed by atoms with van der Waals surface area (Å²) in [5.74, 6) is 1.86. The summed E-state index contributed by atoms with van der Waals surface area (Å²) in [7, 11) is 1.79. The van der Waals surface area contributed by atoms with Crippen molar-refractivity contribution in [3.8, 4) is 0 Å². The second-order valence-corrected chi connectivity index (χ2v) is 6.74. The van der Waals surface area contributed by atoms with E-state index in [0.717, 1.165) is 25.0 Å². The lowest BCUT2D eigenvalue weighted by Crippen LogP contribution is -2.46. The predicted molar refractivity (Wildman–Crippen MR) is 74.3 cm³/mol. The van der Waals surface area contributed by atoms with Crippen molar-refractivity contribution < 1.29 is 4.74 Å². The van der Waals surface area contributed by atoms with Crippen LogP contribution in [0.3, 0.4) is 0 Å². The van der Waals surface area contributed by atoms with Crippen molar-refractivity contribution in [3.63, 3.8) is 0 Å². The van der Waals surface area contributed by atoms with Crippen molar-refractivity contribution in [2.45, 2.75) is 58.9 Å². The van der Waals surface area contributed by atoms with Gasteiger partial charge in [0.05, 0.1) is 6.61 Å². The molecule has 2 nitrogen and oxygen atoms in total. The molecule has 0 bridgehead atoms. The zero-order valence-corrected chi connectivity index (χ0v) is 12.5. The third kappa shape index (κ3) is 5.39. The first kappa shape index (κ1) is 15.0. The zero-order chi connectivity index (χ0) is 12.9. The van der Waals surface area contributed by atoms with Gasteiger partial charge in [-0.1, -0.05) is 19.8 Å². The predicted octanol–water partition coefficient (Wildman–Crippen LogP) is 3.56. The molecule has 1 rings (SSSR count). The highest BCUT2D eigenvalue weighted by Crippen LogP contribution is 2.30. The van der Waals surface area contributed by atoms with E-state index in [-0.39, 0.29) is 5.54 Å². The number of rotatable bonds is 5. The van der Waals surface area contributed by atoms with Crippen molar-refractivity contribution in [1.29, 1.82) is 0 Å². The molecule has 1 aliphatic rings. The maximum absolute atomic E-state index is 5.23.